The maximum atomic E-state index is 11.1. The van der Waals surface area contributed by atoms with Gasteiger partial charge in [0.1, 0.15) is 5.75 Å². The first-order valence-corrected chi connectivity index (χ1v) is 8.54. The van der Waals surface area contributed by atoms with Crippen molar-refractivity contribution >= 4 is 16.7 Å². The van der Waals surface area contributed by atoms with Crippen molar-refractivity contribution in [3.8, 4) is 5.75 Å². The highest BCUT2D eigenvalue weighted by atomic mass is 16.5. The molecule has 3 aromatic rings. The van der Waals surface area contributed by atoms with Gasteiger partial charge in [0.25, 0.3) is 0 Å². The van der Waals surface area contributed by atoms with Crippen molar-refractivity contribution < 1.29 is 9.53 Å². The molecule has 3 nitrogen and oxygen atoms in total. The van der Waals surface area contributed by atoms with Crippen molar-refractivity contribution in [1.29, 1.82) is 0 Å². The lowest BCUT2D eigenvalue weighted by molar-refractivity contribution is -0.118. The number of amides is 1. The molecule has 0 bridgehead atoms. The average molecular weight is 333 g/mol. The first kappa shape index (κ1) is 17.0. The van der Waals surface area contributed by atoms with Crippen LogP contribution in [0.25, 0.3) is 10.8 Å². The number of hydrogen-bond donors (Lipinski definition) is 1. The number of benzene rings is 3. The standard InChI is InChI=1S/C22H23NO2/c1-16(24)23-12-11-18-9-6-10-19-14-20(22(25-2)15-21(18)19)13-17-7-4-3-5-8-17/h3-10,14-15H,11-13H2,1-2H3,(H,23,24). The molecular formula is C22H23NO2. The molecule has 0 aromatic heterocycles. The highest BCUT2D eigenvalue weighted by molar-refractivity contribution is 5.88. The molecule has 0 fully saturated rings. The van der Waals surface area contributed by atoms with Crippen molar-refractivity contribution in [2.24, 2.45) is 0 Å². The third kappa shape index (κ3) is 4.18. The summed E-state index contributed by atoms with van der Waals surface area (Å²) in [5, 5.41) is 5.24. The summed E-state index contributed by atoms with van der Waals surface area (Å²) < 4.78 is 5.65. The van der Waals surface area contributed by atoms with Crippen LogP contribution in [-0.4, -0.2) is 19.6 Å². The van der Waals surface area contributed by atoms with E-state index in [0.717, 1.165) is 18.6 Å². The van der Waals surface area contributed by atoms with Gasteiger partial charge < -0.3 is 10.1 Å². The molecule has 128 valence electrons. The Morgan fingerprint density at radius 2 is 1.80 bits per heavy atom. The van der Waals surface area contributed by atoms with Gasteiger partial charge in [-0.3, -0.25) is 4.79 Å². The minimum Gasteiger partial charge on any atom is -0.496 e. The van der Waals surface area contributed by atoms with E-state index in [0.29, 0.717) is 6.54 Å². The van der Waals surface area contributed by atoms with E-state index in [4.69, 9.17) is 4.74 Å². The van der Waals surface area contributed by atoms with Gasteiger partial charge in [0.2, 0.25) is 5.91 Å². The zero-order valence-corrected chi connectivity index (χ0v) is 14.7. The SMILES string of the molecule is COc1cc2c(CCNC(C)=O)cccc2cc1Cc1ccccc1. The van der Waals surface area contributed by atoms with Crippen LogP contribution in [-0.2, 0) is 17.6 Å². The summed E-state index contributed by atoms with van der Waals surface area (Å²) >= 11 is 0. The summed E-state index contributed by atoms with van der Waals surface area (Å²) in [6.45, 7) is 2.19. The molecule has 0 aliphatic carbocycles. The summed E-state index contributed by atoms with van der Waals surface area (Å²) in [5.41, 5.74) is 3.66. The lowest BCUT2D eigenvalue weighted by Gasteiger charge is -2.13. The van der Waals surface area contributed by atoms with E-state index in [-0.39, 0.29) is 5.91 Å². The number of hydrogen-bond acceptors (Lipinski definition) is 2. The smallest absolute Gasteiger partial charge is 0.216 e. The summed E-state index contributed by atoms with van der Waals surface area (Å²) in [6.07, 6.45) is 1.65. The molecule has 0 saturated carbocycles. The Morgan fingerprint density at radius 3 is 2.52 bits per heavy atom. The normalized spacial score (nSPS) is 10.6. The summed E-state index contributed by atoms with van der Waals surface area (Å²) in [5.74, 6) is 0.909. The van der Waals surface area contributed by atoms with E-state index in [9.17, 15) is 4.79 Å². The predicted octanol–water partition coefficient (Wildman–Crippen LogP) is 4.12. The van der Waals surface area contributed by atoms with Crippen LogP contribution < -0.4 is 10.1 Å². The Balaban J connectivity index is 1.94. The minimum absolute atomic E-state index is 0.00274. The largest absolute Gasteiger partial charge is 0.496 e. The van der Waals surface area contributed by atoms with Crippen LogP contribution in [0.15, 0.2) is 60.7 Å². The Labute approximate surface area is 148 Å². The molecule has 0 heterocycles. The molecule has 1 amide bonds. The lowest BCUT2D eigenvalue weighted by atomic mass is 9.96. The van der Waals surface area contributed by atoms with E-state index >= 15 is 0 Å². The van der Waals surface area contributed by atoms with Gasteiger partial charge >= 0.3 is 0 Å². The average Bonchev–Trinajstić information content (AvgIpc) is 2.62. The monoisotopic (exact) mass is 333 g/mol. The summed E-state index contributed by atoms with van der Waals surface area (Å²) in [6, 6.07) is 21.1. The van der Waals surface area contributed by atoms with Gasteiger partial charge in [-0.05, 0) is 46.0 Å². The van der Waals surface area contributed by atoms with Crippen molar-refractivity contribution in [2.45, 2.75) is 19.8 Å². The summed E-state index contributed by atoms with van der Waals surface area (Å²) in [4.78, 5) is 11.1. The Hall–Kier alpha value is -2.81. The fourth-order valence-corrected chi connectivity index (χ4v) is 3.15. The fraction of sp³-hybridized carbons (Fsp3) is 0.227. The topological polar surface area (TPSA) is 38.3 Å². The van der Waals surface area contributed by atoms with E-state index in [2.05, 4.69) is 59.9 Å². The minimum atomic E-state index is 0.00274. The fourth-order valence-electron chi connectivity index (χ4n) is 3.15. The van der Waals surface area contributed by atoms with Gasteiger partial charge in [-0.15, -0.1) is 0 Å². The van der Waals surface area contributed by atoms with Crippen LogP contribution in [0.3, 0.4) is 0 Å². The van der Waals surface area contributed by atoms with Gasteiger partial charge in [-0.25, -0.2) is 0 Å². The van der Waals surface area contributed by atoms with Gasteiger partial charge in [0.05, 0.1) is 7.11 Å². The zero-order chi connectivity index (χ0) is 17.6. The van der Waals surface area contributed by atoms with Gasteiger partial charge in [0.15, 0.2) is 0 Å². The molecule has 3 rings (SSSR count). The molecule has 0 unspecified atom stereocenters. The number of fused-ring (bicyclic) bond motifs is 1. The number of methoxy groups -OCH3 is 1. The van der Waals surface area contributed by atoms with Crippen molar-refractivity contribution in [1.82, 2.24) is 5.32 Å². The second-order valence-corrected chi connectivity index (χ2v) is 6.20. The van der Waals surface area contributed by atoms with Crippen molar-refractivity contribution in [3.63, 3.8) is 0 Å². The lowest BCUT2D eigenvalue weighted by Crippen LogP contribution is -2.22. The molecular weight excluding hydrogens is 310 g/mol. The molecule has 25 heavy (non-hydrogen) atoms. The van der Waals surface area contributed by atoms with Crippen LogP contribution in [0.2, 0.25) is 0 Å². The van der Waals surface area contributed by atoms with Crippen LogP contribution in [0, 0.1) is 0 Å². The second kappa shape index (κ2) is 7.84. The third-order valence-electron chi connectivity index (χ3n) is 4.38. The second-order valence-electron chi connectivity index (χ2n) is 6.20. The Bertz CT molecular complexity index is 872. The maximum absolute atomic E-state index is 11.1. The third-order valence-corrected chi connectivity index (χ3v) is 4.38. The molecule has 0 spiro atoms. The molecule has 0 saturated heterocycles. The number of carbonyl (C=O) groups excluding carboxylic acids is 1. The number of nitrogens with one attached hydrogen (secondary N) is 1. The van der Waals surface area contributed by atoms with E-state index in [1.165, 1.54) is 27.5 Å². The first-order chi connectivity index (χ1) is 12.2. The van der Waals surface area contributed by atoms with Crippen LogP contribution in [0.4, 0.5) is 0 Å². The number of carbonyl (C=O) groups is 1. The predicted molar refractivity (Wildman–Crippen MR) is 102 cm³/mol. The number of rotatable bonds is 6. The van der Waals surface area contributed by atoms with Gasteiger partial charge in [0, 0.05) is 19.9 Å². The highest BCUT2D eigenvalue weighted by Crippen LogP contribution is 2.30. The molecule has 0 radical (unpaired) electrons. The van der Waals surface area contributed by atoms with Crippen LogP contribution in [0.1, 0.15) is 23.6 Å². The molecule has 3 aromatic carbocycles. The molecule has 0 atom stereocenters. The molecule has 0 aliphatic rings. The van der Waals surface area contributed by atoms with Crippen molar-refractivity contribution in [2.75, 3.05) is 13.7 Å². The van der Waals surface area contributed by atoms with Crippen LogP contribution in [0.5, 0.6) is 5.75 Å². The molecule has 0 aliphatic heterocycles. The first-order valence-electron chi connectivity index (χ1n) is 8.54. The highest BCUT2D eigenvalue weighted by Gasteiger charge is 2.09. The van der Waals surface area contributed by atoms with E-state index < -0.39 is 0 Å². The van der Waals surface area contributed by atoms with E-state index in [1.54, 1.807) is 14.0 Å². The molecule has 1 N–H and O–H groups in total. The molecule has 3 heteroatoms. The van der Waals surface area contributed by atoms with Crippen molar-refractivity contribution in [3.05, 3.63) is 77.4 Å². The van der Waals surface area contributed by atoms with Gasteiger partial charge in [-0.1, -0.05) is 48.5 Å². The maximum Gasteiger partial charge on any atom is 0.216 e. The number of ether oxygens (including phenoxy) is 1. The Kier molecular flexibility index (Phi) is 5.34. The summed E-state index contributed by atoms with van der Waals surface area (Å²) in [7, 11) is 1.72. The van der Waals surface area contributed by atoms with Crippen LogP contribution >= 0.6 is 0 Å². The quantitative estimate of drug-likeness (QED) is 0.737. The zero-order valence-electron chi connectivity index (χ0n) is 14.7. The van der Waals surface area contributed by atoms with E-state index in [1.807, 2.05) is 6.07 Å². The Morgan fingerprint density at radius 1 is 1.00 bits per heavy atom. The van der Waals surface area contributed by atoms with Gasteiger partial charge in [-0.2, -0.15) is 0 Å².